The molecule has 2 rings (SSSR count). The average molecular weight is 354 g/mol. The highest BCUT2D eigenvalue weighted by molar-refractivity contribution is 7.98. The molecule has 0 saturated heterocycles. The van der Waals surface area contributed by atoms with Crippen molar-refractivity contribution in [2.75, 3.05) is 19.3 Å². The normalized spacial score (nSPS) is 11.4. The fourth-order valence-corrected chi connectivity index (χ4v) is 3.45. The van der Waals surface area contributed by atoms with Crippen molar-refractivity contribution in [2.45, 2.75) is 12.2 Å². The molecule has 124 valence electrons. The third-order valence-electron chi connectivity index (χ3n) is 2.82. The maximum Gasteiger partial charge on any atom is 0.274 e. The van der Waals surface area contributed by atoms with E-state index in [2.05, 4.69) is 31.2 Å². The van der Waals surface area contributed by atoms with Crippen molar-refractivity contribution >= 4 is 23.1 Å². The Bertz CT molecular complexity index is 641. The Morgan fingerprint density at radius 1 is 1.61 bits per heavy atom. The molecule has 2 aromatic rings. The minimum Gasteiger partial charge on any atom is -0.370 e. The van der Waals surface area contributed by atoms with Crippen molar-refractivity contribution in [3.05, 3.63) is 56.2 Å². The Morgan fingerprint density at radius 2 is 2.48 bits per heavy atom. The van der Waals surface area contributed by atoms with E-state index in [1.54, 1.807) is 36.3 Å². The lowest BCUT2D eigenvalue weighted by atomic mass is 10.3. The number of rotatable bonds is 10. The van der Waals surface area contributed by atoms with E-state index in [0.29, 0.717) is 12.4 Å². The van der Waals surface area contributed by atoms with E-state index in [-0.39, 0.29) is 0 Å². The van der Waals surface area contributed by atoms with Gasteiger partial charge in [-0.25, -0.2) is 4.98 Å². The van der Waals surface area contributed by atoms with Crippen molar-refractivity contribution in [1.82, 2.24) is 25.8 Å². The van der Waals surface area contributed by atoms with Crippen LogP contribution in [0.25, 0.3) is 0 Å². The van der Waals surface area contributed by atoms with Gasteiger partial charge in [0.15, 0.2) is 5.82 Å². The summed E-state index contributed by atoms with van der Waals surface area (Å²) < 4.78 is 0. The van der Waals surface area contributed by atoms with Crippen LogP contribution in [0, 0.1) is 10.1 Å². The summed E-state index contributed by atoms with van der Waals surface area (Å²) in [6.07, 6.45) is 3.43. The lowest BCUT2D eigenvalue weighted by Gasteiger charge is -2.07. The number of H-pyrrole nitrogens is 1. The van der Waals surface area contributed by atoms with E-state index >= 15 is 0 Å². The molecule has 0 atom stereocenters. The second-order valence-electron chi connectivity index (χ2n) is 4.55. The summed E-state index contributed by atoms with van der Waals surface area (Å²) in [4.78, 5) is 14.5. The van der Waals surface area contributed by atoms with Crippen LogP contribution in [-0.4, -0.2) is 39.4 Å². The van der Waals surface area contributed by atoms with Crippen LogP contribution in [0.5, 0.6) is 0 Å². The zero-order valence-corrected chi connectivity index (χ0v) is 14.2. The molecular formula is C13H18N6O2S2. The lowest BCUT2D eigenvalue weighted by Crippen LogP contribution is -2.26. The fraction of sp³-hybridized carbons (Fsp3) is 0.385. The van der Waals surface area contributed by atoms with Gasteiger partial charge in [0.25, 0.3) is 6.20 Å². The van der Waals surface area contributed by atoms with Gasteiger partial charge in [0.05, 0.1) is 15.6 Å². The van der Waals surface area contributed by atoms with E-state index in [0.717, 1.165) is 40.5 Å². The molecule has 0 aromatic carbocycles. The van der Waals surface area contributed by atoms with Gasteiger partial charge in [-0.1, -0.05) is 0 Å². The zero-order valence-electron chi connectivity index (χ0n) is 12.6. The summed E-state index contributed by atoms with van der Waals surface area (Å²) in [6, 6.07) is 1.94. The second-order valence-corrected chi connectivity index (χ2v) is 6.60. The molecule has 0 radical (unpaired) electrons. The monoisotopic (exact) mass is 354 g/mol. The molecule has 0 aliphatic rings. The first-order valence-electron chi connectivity index (χ1n) is 6.93. The van der Waals surface area contributed by atoms with Crippen LogP contribution in [-0.2, 0) is 12.2 Å². The van der Waals surface area contributed by atoms with E-state index < -0.39 is 4.92 Å². The number of aromatic amines is 1. The SMILES string of the molecule is CNC(=C[N+](=O)[O-])NCCSCc1csc(Cc2ccn[nH]2)n1. The fourth-order valence-electron chi connectivity index (χ4n) is 1.78. The van der Waals surface area contributed by atoms with Crippen LogP contribution in [0.15, 0.2) is 29.7 Å². The number of thioether (sulfide) groups is 1. The van der Waals surface area contributed by atoms with Gasteiger partial charge in [-0.3, -0.25) is 15.2 Å². The summed E-state index contributed by atoms with van der Waals surface area (Å²) in [6.45, 7) is 0.649. The predicted octanol–water partition coefficient (Wildman–Crippen LogP) is 1.57. The molecule has 0 unspecified atom stereocenters. The molecule has 8 nitrogen and oxygen atoms in total. The van der Waals surface area contributed by atoms with Crippen LogP contribution in [0.4, 0.5) is 0 Å². The topological polar surface area (TPSA) is 109 Å². The highest BCUT2D eigenvalue weighted by atomic mass is 32.2. The minimum atomic E-state index is -0.484. The first-order chi connectivity index (χ1) is 11.2. The number of nitro groups is 1. The Balaban J connectivity index is 1.66. The van der Waals surface area contributed by atoms with E-state index in [9.17, 15) is 10.1 Å². The number of hydrogen-bond donors (Lipinski definition) is 3. The van der Waals surface area contributed by atoms with Crippen LogP contribution < -0.4 is 10.6 Å². The highest BCUT2D eigenvalue weighted by Crippen LogP contribution is 2.17. The smallest absolute Gasteiger partial charge is 0.274 e. The van der Waals surface area contributed by atoms with Crippen molar-refractivity contribution in [3.63, 3.8) is 0 Å². The lowest BCUT2D eigenvalue weighted by molar-refractivity contribution is -0.404. The van der Waals surface area contributed by atoms with Crippen LogP contribution >= 0.6 is 23.1 Å². The molecule has 0 aliphatic heterocycles. The number of aromatic nitrogens is 3. The molecule has 0 saturated carbocycles. The first kappa shape index (κ1) is 17.3. The molecule has 0 amide bonds. The maximum absolute atomic E-state index is 10.4. The van der Waals surface area contributed by atoms with E-state index in [1.807, 2.05) is 6.07 Å². The predicted molar refractivity (Wildman–Crippen MR) is 91.8 cm³/mol. The molecule has 3 N–H and O–H groups in total. The van der Waals surface area contributed by atoms with Gasteiger partial charge in [-0.2, -0.15) is 16.9 Å². The van der Waals surface area contributed by atoms with Gasteiger partial charge in [0.1, 0.15) is 0 Å². The quantitative estimate of drug-likeness (QED) is 0.337. The van der Waals surface area contributed by atoms with E-state index in [4.69, 9.17) is 0 Å². The van der Waals surface area contributed by atoms with Gasteiger partial charge in [-0.05, 0) is 6.07 Å². The van der Waals surface area contributed by atoms with Crippen LogP contribution in [0.2, 0.25) is 0 Å². The Labute approximate surface area is 141 Å². The minimum absolute atomic E-state index is 0.408. The molecule has 0 aliphatic carbocycles. The largest absolute Gasteiger partial charge is 0.370 e. The van der Waals surface area contributed by atoms with Crippen molar-refractivity contribution in [1.29, 1.82) is 0 Å². The summed E-state index contributed by atoms with van der Waals surface area (Å²) in [5, 5.41) is 26.1. The molecule has 23 heavy (non-hydrogen) atoms. The molecule has 2 aromatic heterocycles. The van der Waals surface area contributed by atoms with E-state index in [1.165, 1.54) is 0 Å². The van der Waals surface area contributed by atoms with Crippen molar-refractivity contribution in [2.24, 2.45) is 0 Å². The number of hydrogen-bond acceptors (Lipinski definition) is 8. The Hall–Kier alpha value is -2.07. The van der Waals surface area contributed by atoms with Crippen LogP contribution in [0.3, 0.4) is 0 Å². The van der Waals surface area contributed by atoms with Gasteiger partial charge >= 0.3 is 0 Å². The standard InChI is InChI=1S/C13H18N6O2S2/c1-14-12(7-19(20)21)15-4-5-22-8-11-9-23-13(17-11)6-10-2-3-16-18-10/h2-3,7,9,14-15H,4-6,8H2,1H3,(H,16,18). The van der Waals surface area contributed by atoms with Crippen molar-refractivity contribution in [3.8, 4) is 0 Å². The molecule has 0 bridgehead atoms. The van der Waals surface area contributed by atoms with Gasteiger partial charge < -0.3 is 10.6 Å². The second kappa shape index (κ2) is 9.16. The van der Waals surface area contributed by atoms with Crippen LogP contribution in [0.1, 0.15) is 16.4 Å². The summed E-state index contributed by atoms with van der Waals surface area (Å²) in [5.41, 5.74) is 2.11. The van der Waals surface area contributed by atoms with Gasteiger partial charge in [0.2, 0.25) is 0 Å². The molecule has 0 fully saturated rings. The number of thiazole rings is 1. The first-order valence-corrected chi connectivity index (χ1v) is 8.97. The summed E-state index contributed by atoms with van der Waals surface area (Å²) in [5.74, 6) is 2.07. The zero-order chi connectivity index (χ0) is 16.5. The average Bonchev–Trinajstić information content (AvgIpc) is 3.18. The third kappa shape index (κ3) is 6.28. The summed E-state index contributed by atoms with van der Waals surface area (Å²) in [7, 11) is 1.64. The maximum atomic E-state index is 10.4. The highest BCUT2D eigenvalue weighted by Gasteiger charge is 2.05. The molecule has 0 spiro atoms. The Morgan fingerprint density at radius 3 is 3.17 bits per heavy atom. The molecular weight excluding hydrogens is 336 g/mol. The molecule has 10 heteroatoms. The molecule has 2 heterocycles. The summed E-state index contributed by atoms with van der Waals surface area (Å²) >= 11 is 3.38. The third-order valence-corrected chi connectivity index (χ3v) is 4.71. The van der Waals surface area contributed by atoms with Gasteiger partial charge in [0, 0.05) is 48.8 Å². The Kier molecular flexibility index (Phi) is 6.88. The number of nitrogens with one attached hydrogen (secondary N) is 3. The van der Waals surface area contributed by atoms with Crippen molar-refractivity contribution < 1.29 is 4.92 Å². The number of nitrogens with zero attached hydrogens (tertiary/aromatic N) is 3. The van der Waals surface area contributed by atoms with Gasteiger partial charge in [-0.15, -0.1) is 11.3 Å².